The van der Waals surface area contributed by atoms with Gasteiger partial charge in [-0.1, -0.05) is 48.0 Å². The second-order valence-electron chi connectivity index (χ2n) is 6.83. The van der Waals surface area contributed by atoms with Crippen LogP contribution in [0.25, 0.3) is 21.8 Å². The van der Waals surface area contributed by atoms with Crippen molar-refractivity contribution in [1.82, 2.24) is 9.55 Å². The van der Waals surface area contributed by atoms with Crippen LogP contribution in [-0.4, -0.2) is 14.7 Å². The number of halogens is 2. The summed E-state index contributed by atoms with van der Waals surface area (Å²) in [6.07, 6.45) is 0.583. The van der Waals surface area contributed by atoms with Gasteiger partial charge in [0.05, 0.1) is 21.2 Å². The van der Waals surface area contributed by atoms with Gasteiger partial charge in [-0.3, -0.25) is 9.36 Å². The molecule has 0 bridgehead atoms. The molecule has 0 aliphatic carbocycles. The van der Waals surface area contributed by atoms with Crippen molar-refractivity contribution in [3.8, 4) is 27.6 Å². The molecule has 0 radical (unpaired) electrons. The molecule has 0 amide bonds. The fraction of sp³-hybridized carbons (Fsp3) is 0.130. The molecule has 0 fully saturated rings. The van der Waals surface area contributed by atoms with Crippen LogP contribution < -0.4 is 5.56 Å². The van der Waals surface area contributed by atoms with Crippen LogP contribution in [-0.2, 0) is 13.0 Å². The Labute approximate surface area is 181 Å². The Morgan fingerprint density at radius 2 is 1.87 bits per heavy atom. The Bertz CT molecular complexity index is 1270. The standard InChI is InChI=1S/C23H18ClFN2O2S/c1-14-20(18-10-11-19(24)30-18)23(29)27(13-12-15-6-3-2-4-7-15)22(26-14)16-8-5-9-17(25)21(16)28/h2-11,28H,12-13H2,1H3. The molecule has 4 rings (SSSR count). The van der Waals surface area contributed by atoms with Crippen molar-refractivity contribution < 1.29 is 9.50 Å². The molecule has 2 aromatic carbocycles. The van der Waals surface area contributed by atoms with Gasteiger partial charge in [-0.25, -0.2) is 9.37 Å². The van der Waals surface area contributed by atoms with E-state index in [0.29, 0.717) is 28.6 Å². The third kappa shape index (κ3) is 3.88. The topological polar surface area (TPSA) is 55.1 Å². The Kier molecular flexibility index (Phi) is 5.70. The van der Waals surface area contributed by atoms with Gasteiger partial charge in [0, 0.05) is 11.4 Å². The number of rotatable bonds is 5. The van der Waals surface area contributed by atoms with Crippen molar-refractivity contribution >= 4 is 22.9 Å². The first-order valence-electron chi connectivity index (χ1n) is 9.34. The molecule has 4 nitrogen and oxygen atoms in total. The number of benzene rings is 2. The third-order valence-corrected chi connectivity index (χ3v) is 6.11. The molecule has 0 aliphatic heterocycles. The lowest BCUT2D eigenvalue weighted by Gasteiger charge is -2.16. The van der Waals surface area contributed by atoms with E-state index in [0.717, 1.165) is 10.4 Å². The van der Waals surface area contributed by atoms with Crippen molar-refractivity contribution in [2.45, 2.75) is 19.9 Å². The third-order valence-electron chi connectivity index (χ3n) is 4.86. The van der Waals surface area contributed by atoms with Crippen LogP contribution in [0.4, 0.5) is 4.39 Å². The molecule has 7 heteroatoms. The maximum Gasteiger partial charge on any atom is 0.262 e. The van der Waals surface area contributed by atoms with Gasteiger partial charge in [0.15, 0.2) is 11.6 Å². The van der Waals surface area contributed by atoms with Gasteiger partial charge in [-0.05, 0) is 43.2 Å². The molecular formula is C23H18ClFN2O2S. The lowest BCUT2D eigenvalue weighted by molar-refractivity contribution is 0.433. The van der Waals surface area contributed by atoms with E-state index in [1.54, 1.807) is 25.1 Å². The molecule has 0 saturated carbocycles. The number of aryl methyl sites for hydroxylation is 2. The lowest BCUT2D eigenvalue weighted by Crippen LogP contribution is -2.27. The number of aromatic hydroxyl groups is 1. The Morgan fingerprint density at radius 3 is 2.57 bits per heavy atom. The Morgan fingerprint density at radius 1 is 1.10 bits per heavy atom. The predicted octanol–water partition coefficient (Wildman–Crippen LogP) is 5.69. The second-order valence-corrected chi connectivity index (χ2v) is 8.54. The SMILES string of the molecule is Cc1nc(-c2cccc(F)c2O)n(CCc2ccccc2)c(=O)c1-c1ccc(Cl)s1. The number of hydrogen-bond donors (Lipinski definition) is 1. The van der Waals surface area contributed by atoms with Crippen LogP contribution in [0.2, 0.25) is 4.34 Å². The van der Waals surface area contributed by atoms with E-state index in [1.807, 2.05) is 30.3 Å². The van der Waals surface area contributed by atoms with Gasteiger partial charge in [-0.2, -0.15) is 0 Å². The number of aromatic nitrogens is 2. The van der Waals surface area contributed by atoms with E-state index >= 15 is 0 Å². The van der Waals surface area contributed by atoms with E-state index in [9.17, 15) is 14.3 Å². The molecule has 30 heavy (non-hydrogen) atoms. The monoisotopic (exact) mass is 440 g/mol. The molecule has 2 aromatic heterocycles. The van der Waals surface area contributed by atoms with Crippen molar-refractivity contribution in [3.05, 3.63) is 92.4 Å². The zero-order valence-electron chi connectivity index (χ0n) is 16.1. The van der Waals surface area contributed by atoms with Gasteiger partial charge >= 0.3 is 0 Å². The number of phenols is 1. The van der Waals surface area contributed by atoms with E-state index in [2.05, 4.69) is 4.98 Å². The van der Waals surface area contributed by atoms with E-state index in [-0.39, 0.29) is 16.9 Å². The zero-order valence-corrected chi connectivity index (χ0v) is 17.7. The second kappa shape index (κ2) is 8.42. The minimum absolute atomic E-state index is 0.180. The molecule has 0 spiro atoms. The molecule has 0 aliphatic rings. The molecule has 2 heterocycles. The number of nitrogens with zero attached hydrogens (tertiary/aromatic N) is 2. The van der Waals surface area contributed by atoms with Crippen molar-refractivity contribution in [3.63, 3.8) is 0 Å². The first-order chi connectivity index (χ1) is 14.5. The summed E-state index contributed by atoms with van der Waals surface area (Å²) in [6.45, 7) is 2.05. The highest BCUT2D eigenvalue weighted by atomic mass is 35.5. The van der Waals surface area contributed by atoms with Crippen LogP contribution in [0.5, 0.6) is 5.75 Å². The predicted molar refractivity (Wildman–Crippen MR) is 119 cm³/mol. The van der Waals surface area contributed by atoms with E-state index < -0.39 is 11.6 Å². The normalized spacial score (nSPS) is 11.0. The highest BCUT2D eigenvalue weighted by Crippen LogP contribution is 2.34. The molecule has 1 N–H and O–H groups in total. The Balaban J connectivity index is 1.90. The van der Waals surface area contributed by atoms with Crippen LogP contribution in [0.3, 0.4) is 0 Å². The van der Waals surface area contributed by atoms with Crippen molar-refractivity contribution in [2.24, 2.45) is 0 Å². The summed E-state index contributed by atoms with van der Waals surface area (Å²) in [7, 11) is 0. The first kappa shape index (κ1) is 20.3. The van der Waals surface area contributed by atoms with Gasteiger partial charge in [0.2, 0.25) is 0 Å². The highest BCUT2D eigenvalue weighted by Gasteiger charge is 2.21. The van der Waals surface area contributed by atoms with E-state index in [4.69, 9.17) is 11.6 Å². The molecule has 152 valence electrons. The summed E-state index contributed by atoms with van der Waals surface area (Å²) in [5.74, 6) is -1.05. The summed E-state index contributed by atoms with van der Waals surface area (Å²) < 4.78 is 16.1. The summed E-state index contributed by atoms with van der Waals surface area (Å²) in [4.78, 5) is 18.8. The largest absolute Gasteiger partial charge is 0.504 e. The average molecular weight is 441 g/mol. The van der Waals surface area contributed by atoms with Gasteiger partial charge in [-0.15, -0.1) is 11.3 Å². The maximum atomic E-state index is 14.0. The van der Waals surface area contributed by atoms with Gasteiger partial charge in [0.1, 0.15) is 5.82 Å². The maximum absolute atomic E-state index is 14.0. The van der Waals surface area contributed by atoms with E-state index in [1.165, 1.54) is 28.0 Å². The quantitative estimate of drug-likeness (QED) is 0.434. The minimum Gasteiger partial charge on any atom is -0.504 e. The fourth-order valence-electron chi connectivity index (χ4n) is 3.39. The van der Waals surface area contributed by atoms with Gasteiger partial charge in [0.25, 0.3) is 5.56 Å². The van der Waals surface area contributed by atoms with Crippen LogP contribution >= 0.6 is 22.9 Å². The summed E-state index contributed by atoms with van der Waals surface area (Å²) in [6, 6.07) is 17.5. The molecule has 0 unspecified atom stereocenters. The summed E-state index contributed by atoms with van der Waals surface area (Å²) >= 11 is 7.38. The molecule has 4 aromatic rings. The minimum atomic E-state index is -0.761. The lowest BCUT2D eigenvalue weighted by atomic mass is 10.1. The summed E-state index contributed by atoms with van der Waals surface area (Å²) in [5, 5.41) is 10.3. The van der Waals surface area contributed by atoms with Crippen LogP contribution in [0, 0.1) is 12.7 Å². The smallest absolute Gasteiger partial charge is 0.262 e. The average Bonchev–Trinajstić information content (AvgIpc) is 3.15. The van der Waals surface area contributed by atoms with Crippen LogP contribution in [0.1, 0.15) is 11.3 Å². The molecule has 0 atom stereocenters. The highest BCUT2D eigenvalue weighted by molar-refractivity contribution is 7.19. The number of phenolic OH excluding ortho intramolecular Hbond substituents is 1. The number of thiophene rings is 1. The molecular weight excluding hydrogens is 423 g/mol. The first-order valence-corrected chi connectivity index (χ1v) is 10.5. The van der Waals surface area contributed by atoms with Crippen LogP contribution in [0.15, 0.2) is 65.5 Å². The zero-order chi connectivity index (χ0) is 21.3. The van der Waals surface area contributed by atoms with Crippen molar-refractivity contribution in [1.29, 1.82) is 0 Å². The van der Waals surface area contributed by atoms with Gasteiger partial charge < -0.3 is 5.11 Å². The Hall–Kier alpha value is -2.96. The molecule has 0 saturated heterocycles. The summed E-state index contributed by atoms with van der Waals surface area (Å²) in [5.41, 5.74) is 1.93. The number of hydrogen-bond acceptors (Lipinski definition) is 4. The fourth-order valence-corrected chi connectivity index (χ4v) is 4.52. The van der Waals surface area contributed by atoms with Crippen molar-refractivity contribution in [2.75, 3.05) is 0 Å². The number of para-hydroxylation sites is 1.